The van der Waals surface area contributed by atoms with Gasteiger partial charge < -0.3 is 15.2 Å². The molecule has 1 aliphatic rings. The Balaban J connectivity index is 2.09. The summed E-state index contributed by atoms with van der Waals surface area (Å²) in [6.45, 7) is 10.2. The Morgan fingerprint density at radius 2 is 2.00 bits per heavy atom. The van der Waals surface area contributed by atoms with Gasteiger partial charge in [-0.15, -0.1) is 0 Å². The van der Waals surface area contributed by atoms with E-state index in [1.807, 2.05) is 0 Å². The molecule has 0 amide bonds. The summed E-state index contributed by atoms with van der Waals surface area (Å²) in [5.74, 6) is 0. The molecule has 1 heterocycles. The Kier molecular flexibility index (Phi) is 3.93. The third kappa shape index (κ3) is 3.56. The van der Waals surface area contributed by atoms with Crippen molar-refractivity contribution in [1.29, 1.82) is 0 Å². The van der Waals surface area contributed by atoms with E-state index in [2.05, 4.69) is 26.1 Å². The zero-order valence-electron chi connectivity index (χ0n) is 9.60. The maximum absolute atomic E-state index is 9.18. The lowest BCUT2D eigenvalue weighted by Crippen LogP contribution is -2.52. The summed E-state index contributed by atoms with van der Waals surface area (Å²) < 4.78 is 5.13. The highest BCUT2D eigenvalue weighted by molar-refractivity contribution is 4.87. The second kappa shape index (κ2) is 4.60. The summed E-state index contributed by atoms with van der Waals surface area (Å²) in [6.07, 6.45) is 1.16. The van der Waals surface area contributed by atoms with Gasteiger partial charge in [-0.2, -0.15) is 0 Å². The minimum Gasteiger partial charge on any atom is -0.396 e. The fourth-order valence-electron chi connectivity index (χ4n) is 1.46. The molecule has 3 heteroatoms. The minimum atomic E-state index is 0.0118. The van der Waals surface area contributed by atoms with E-state index in [4.69, 9.17) is 4.74 Å². The molecule has 1 saturated heterocycles. The molecule has 0 atom stereocenters. The van der Waals surface area contributed by atoms with Crippen LogP contribution in [0.1, 0.15) is 27.2 Å². The average Bonchev–Trinajstić information content (AvgIpc) is 2.00. The number of nitrogens with one attached hydrogen (secondary N) is 1. The fraction of sp³-hybridized carbons (Fsp3) is 1.00. The summed E-state index contributed by atoms with van der Waals surface area (Å²) >= 11 is 0. The predicted octanol–water partition coefficient (Wildman–Crippen LogP) is 1.02. The molecule has 0 aromatic heterocycles. The molecule has 0 aromatic carbocycles. The van der Waals surface area contributed by atoms with Gasteiger partial charge in [0.1, 0.15) is 0 Å². The molecule has 0 aromatic rings. The Labute approximate surface area is 86.8 Å². The first kappa shape index (κ1) is 12.0. The minimum absolute atomic E-state index is 0.0118. The van der Waals surface area contributed by atoms with Gasteiger partial charge in [0.25, 0.3) is 0 Å². The van der Waals surface area contributed by atoms with Gasteiger partial charge in [0.15, 0.2) is 0 Å². The monoisotopic (exact) mass is 201 g/mol. The van der Waals surface area contributed by atoms with E-state index in [9.17, 15) is 5.11 Å². The maximum atomic E-state index is 9.18. The average molecular weight is 201 g/mol. The van der Waals surface area contributed by atoms with Crippen LogP contribution in [0.25, 0.3) is 0 Å². The molecule has 0 unspecified atom stereocenters. The van der Waals surface area contributed by atoms with E-state index in [0.717, 1.165) is 19.5 Å². The third-order valence-corrected chi connectivity index (χ3v) is 2.70. The van der Waals surface area contributed by atoms with Gasteiger partial charge in [-0.05, 0) is 18.4 Å². The van der Waals surface area contributed by atoms with Crippen molar-refractivity contribution < 1.29 is 9.84 Å². The van der Waals surface area contributed by atoms with Crippen LogP contribution in [-0.2, 0) is 4.74 Å². The van der Waals surface area contributed by atoms with Gasteiger partial charge in [0.05, 0.1) is 25.2 Å². The first-order valence-corrected chi connectivity index (χ1v) is 5.37. The Hall–Kier alpha value is -0.120. The summed E-state index contributed by atoms with van der Waals surface area (Å²) in [5, 5.41) is 12.6. The summed E-state index contributed by atoms with van der Waals surface area (Å²) in [7, 11) is 0. The predicted molar refractivity (Wildman–Crippen MR) is 57.3 cm³/mol. The van der Waals surface area contributed by atoms with Crippen molar-refractivity contribution in [2.24, 2.45) is 10.8 Å². The quantitative estimate of drug-likeness (QED) is 0.653. The Bertz CT molecular complexity index is 165. The van der Waals surface area contributed by atoms with E-state index in [-0.39, 0.29) is 12.0 Å². The summed E-state index contributed by atoms with van der Waals surface area (Å²) in [4.78, 5) is 0. The molecule has 1 aliphatic heterocycles. The molecule has 0 radical (unpaired) electrons. The molecule has 84 valence electrons. The summed E-state index contributed by atoms with van der Waals surface area (Å²) in [5.41, 5.74) is 0.396. The van der Waals surface area contributed by atoms with Crippen LogP contribution in [-0.4, -0.2) is 38.0 Å². The second-order valence-electron chi connectivity index (χ2n) is 5.64. The van der Waals surface area contributed by atoms with E-state index in [1.54, 1.807) is 0 Å². The molecular weight excluding hydrogens is 178 g/mol. The number of aliphatic hydroxyl groups excluding tert-OH is 1. The van der Waals surface area contributed by atoms with Gasteiger partial charge in [0.2, 0.25) is 0 Å². The molecule has 1 fully saturated rings. The topological polar surface area (TPSA) is 41.5 Å². The van der Waals surface area contributed by atoms with Gasteiger partial charge in [0, 0.05) is 6.54 Å². The largest absolute Gasteiger partial charge is 0.396 e. The zero-order valence-corrected chi connectivity index (χ0v) is 9.60. The van der Waals surface area contributed by atoms with Crippen LogP contribution in [0.2, 0.25) is 0 Å². The van der Waals surface area contributed by atoms with Crippen LogP contribution < -0.4 is 5.32 Å². The number of rotatable bonds is 5. The van der Waals surface area contributed by atoms with Crippen molar-refractivity contribution in [3.05, 3.63) is 0 Å². The van der Waals surface area contributed by atoms with E-state index in [1.165, 1.54) is 0 Å². The molecular formula is C11H23NO2. The van der Waals surface area contributed by atoms with Crippen molar-refractivity contribution in [2.45, 2.75) is 27.2 Å². The van der Waals surface area contributed by atoms with Crippen LogP contribution in [0, 0.1) is 10.8 Å². The Morgan fingerprint density at radius 1 is 1.36 bits per heavy atom. The molecule has 0 aliphatic carbocycles. The van der Waals surface area contributed by atoms with Crippen LogP contribution in [0.4, 0.5) is 0 Å². The third-order valence-electron chi connectivity index (χ3n) is 2.70. The second-order valence-corrected chi connectivity index (χ2v) is 5.64. The highest BCUT2D eigenvalue weighted by atomic mass is 16.5. The van der Waals surface area contributed by atoms with Crippen LogP contribution in [0.3, 0.4) is 0 Å². The number of ether oxygens (including phenoxy) is 1. The molecule has 3 nitrogen and oxygen atoms in total. The number of hydrogen-bond acceptors (Lipinski definition) is 3. The zero-order chi connectivity index (χ0) is 10.7. The van der Waals surface area contributed by atoms with Crippen molar-refractivity contribution in [3.63, 3.8) is 0 Å². The van der Waals surface area contributed by atoms with E-state index in [0.29, 0.717) is 18.6 Å². The SMILES string of the molecule is CC(C)(C)CCNCC1(CO)COC1. The molecule has 0 saturated carbocycles. The van der Waals surface area contributed by atoms with Gasteiger partial charge in [-0.1, -0.05) is 20.8 Å². The number of hydrogen-bond donors (Lipinski definition) is 2. The van der Waals surface area contributed by atoms with Crippen LogP contribution in [0.15, 0.2) is 0 Å². The van der Waals surface area contributed by atoms with Crippen LogP contribution in [0.5, 0.6) is 0 Å². The van der Waals surface area contributed by atoms with Gasteiger partial charge in [-0.25, -0.2) is 0 Å². The normalized spacial score (nSPS) is 20.6. The maximum Gasteiger partial charge on any atom is 0.0579 e. The van der Waals surface area contributed by atoms with Crippen molar-refractivity contribution in [2.75, 3.05) is 32.9 Å². The lowest BCUT2D eigenvalue weighted by molar-refractivity contribution is -0.134. The summed E-state index contributed by atoms with van der Waals surface area (Å²) in [6, 6.07) is 0. The molecule has 0 bridgehead atoms. The Morgan fingerprint density at radius 3 is 2.36 bits per heavy atom. The van der Waals surface area contributed by atoms with Crippen LogP contribution >= 0.6 is 0 Å². The van der Waals surface area contributed by atoms with Gasteiger partial charge >= 0.3 is 0 Å². The molecule has 1 rings (SSSR count). The van der Waals surface area contributed by atoms with E-state index >= 15 is 0 Å². The molecule has 14 heavy (non-hydrogen) atoms. The fourth-order valence-corrected chi connectivity index (χ4v) is 1.46. The van der Waals surface area contributed by atoms with Crippen molar-refractivity contribution in [3.8, 4) is 0 Å². The standard InChI is InChI=1S/C11H23NO2/c1-10(2,3)4-5-12-6-11(7-13)8-14-9-11/h12-13H,4-9H2,1-3H3. The lowest BCUT2D eigenvalue weighted by Gasteiger charge is -2.40. The van der Waals surface area contributed by atoms with Crippen molar-refractivity contribution in [1.82, 2.24) is 5.32 Å². The smallest absolute Gasteiger partial charge is 0.0579 e. The first-order valence-electron chi connectivity index (χ1n) is 5.37. The van der Waals surface area contributed by atoms with Gasteiger partial charge in [-0.3, -0.25) is 0 Å². The molecule has 0 spiro atoms. The molecule has 2 N–H and O–H groups in total. The van der Waals surface area contributed by atoms with Crippen molar-refractivity contribution >= 4 is 0 Å². The number of aliphatic hydroxyl groups is 1. The first-order chi connectivity index (χ1) is 6.47. The highest BCUT2D eigenvalue weighted by Gasteiger charge is 2.37. The highest BCUT2D eigenvalue weighted by Crippen LogP contribution is 2.25. The van der Waals surface area contributed by atoms with E-state index < -0.39 is 0 Å². The lowest BCUT2D eigenvalue weighted by atomic mass is 9.86.